The maximum atomic E-state index is 10.5. The monoisotopic (exact) mass is 220 g/mol. The van der Waals surface area contributed by atoms with Gasteiger partial charge in [0.1, 0.15) is 9.84 Å². The van der Waals surface area contributed by atoms with Crippen LogP contribution in [0.5, 0.6) is 0 Å². The van der Waals surface area contributed by atoms with Crippen LogP contribution in [0.2, 0.25) is 0 Å². The molecule has 0 aliphatic heterocycles. The first-order valence-corrected chi connectivity index (χ1v) is 7.35. The first-order valence-electron chi connectivity index (χ1n) is 2.81. The van der Waals surface area contributed by atoms with Gasteiger partial charge in [0.2, 0.25) is 9.05 Å². The third kappa shape index (κ3) is 10.2. The van der Waals surface area contributed by atoms with E-state index in [0.29, 0.717) is 0 Å². The minimum absolute atomic E-state index is 0.0602. The number of hydrogen-bond donors (Lipinski definition) is 0. The van der Waals surface area contributed by atoms with E-state index >= 15 is 0 Å². The fourth-order valence-corrected chi connectivity index (χ4v) is 2.16. The summed E-state index contributed by atoms with van der Waals surface area (Å²) in [5, 5.41) is 0. The standard InChI is InChI=1S/C4H9ClO4S2/c1-10(6,7)3-2-4-11(5,8)9/h2-4H2,1H3. The second-order valence-corrected chi connectivity index (χ2v) is 7.38. The highest BCUT2D eigenvalue weighted by atomic mass is 35.7. The summed E-state index contributed by atoms with van der Waals surface area (Å²) < 4.78 is 41.5. The molecule has 0 saturated carbocycles. The van der Waals surface area contributed by atoms with Crippen LogP contribution < -0.4 is 0 Å². The Labute approximate surface area is 70.9 Å². The van der Waals surface area contributed by atoms with E-state index < -0.39 is 18.9 Å². The highest BCUT2D eigenvalue weighted by Gasteiger charge is 2.07. The van der Waals surface area contributed by atoms with Gasteiger partial charge in [-0.25, -0.2) is 16.8 Å². The van der Waals surface area contributed by atoms with E-state index in [0.717, 1.165) is 6.26 Å². The van der Waals surface area contributed by atoms with Crippen LogP contribution >= 0.6 is 10.7 Å². The molecular weight excluding hydrogens is 212 g/mol. The number of halogens is 1. The molecule has 0 aliphatic carbocycles. The van der Waals surface area contributed by atoms with Gasteiger partial charge in [-0.3, -0.25) is 0 Å². The molecule has 0 aromatic carbocycles. The first-order chi connectivity index (χ1) is 4.71. The zero-order valence-corrected chi connectivity index (χ0v) is 8.34. The average Bonchev–Trinajstić information content (AvgIpc) is 1.55. The van der Waals surface area contributed by atoms with E-state index in [9.17, 15) is 16.8 Å². The van der Waals surface area contributed by atoms with Gasteiger partial charge in [0, 0.05) is 16.9 Å². The summed E-state index contributed by atoms with van der Waals surface area (Å²) >= 11 is 0. The third-order valence-electron chi connectivity index (χ3n) is 0.903. The third-order valence-corrected chi connectivity index (χ3v) is 3.17. The van der Waals surface area contributed by atoms with Crippen LogP contribution in [0, 0.1) is 0 Å². The lowest BCUT2D eigenvalue weighted by molar-refractivity contribution is 0.598. The minimum Gasteiger partial charge on any atom is -0.229 e. The van der Waals surface area contributed by atoms with Crippen LogP contribution in [0.25, 0.3) is 0 Å². The SMILES string of the molecule is CS(=O)(=O)CCCS(=O)(=O)Cl. The Bertz CT molecular complexity index is 269. The lowest BCUT2D eigenvalue weighted by Gasteiger charge is -1.94. The summed E-state index contributed by atoms with van der Waals surface area (Å²) in [6.07, 6.45) is 1.11. The number of hydrogen-bond acceptors (Lipinski definition) is 4. The Balaban J connectivity index is 3.79. The van der Waals surface area contributed by atoms with E-state index in [1.54, 1.807) is 0 Å². The molecule has 7 heteroatoms. The van der Waals surface area contributed by atoms with Gasteiger partial charge in [0.05, 0.1) is 11.5 Å². The molecule has 11 heavy (non-hydrogen) atoms. The maximum absolute atomic E-state index is 10.5. The van der Waals surface area contributed by atoms with Crippen molar-refractivity contribution >= 4 is 29.6 Å². The Morgan fingerprint density at radius 2 is 1.55 bits per heavy atom. The van der Waals surface area contributed by atoms with E-state index in [1.807, 2.05) is 0 Å². The van der Waals surface area contributed by atoms with Gasteiger partial charge in [-0.15, -0.1) is 0 Å². The molecule has 0 atom stereocenters. The van der Waals surface area contributed by atoms with Crippen molar-refractivity contribution < 1.29 is 16.8 Å². The molecule has 68 valence electrons. The van der Waals surface area contributed by atoms with Gasteiger partial charge in [0.15, 0.2) is 0 Å². The molecule has 0 aliphatic rings. The molecule has 0 aromatic rings. The molecule has 0 heterocycles. The first kappa shape index (κ1) is 11.2. The van der Waals surface area contributed by atoms with Gasteiger partial charge >= 0.3 is 0 Å². The quantitative estimate of drug-likeness (QED) is 0.625. The predicted octanol–water partition coefficient (Wildman–Crippen LogP) is -0.0103. The van der Waals surface area contributed by atoms with Crippen molar-refractivity contribution in [3.63, 3.8) is 0 Å². The zero-order valence-electron chi connectivity index (χ0n) is 5.95. The molecular formula is C4H9ClO4S2. The van der Waals surface area contributed by atoms with Crippen LogP contribution in [0.3, 0.4) is 0 Å². The van der Waals surface area contributed by atoms with Crippen molar-refractivity contribution in [3.05, 3.63) is 0 Å². The van der Waals surface area contributed by atoms with Crippen molar-refractivity contribution in [1.29, 1.82) is 0 Å². The molecule has 0 saturated heterocycles. The van der Waals surface area contributed by atoms with Gasteiger partial charge in [-0.1, -0.05) is 0 Å². The van der Waals surface area contributed by atoms with Crippen LogP contribution in [0.1, 0.15) is 6.42 Å². The van der Waals surface area contributed by atoms with Gasteiger partial charge in [-0.05, 0) is 6.42 Å². The smallest absolute Gasteiger partial charge is 0.229 e. The van der Waals surface area contributed by atoms with Crippen molar-refractivity contribution in [1.82, 2.24) is 0 Å². The van der Waals surface area contributed by atoms with E-state index in [1.165, 1.54) is 0 Å². The molecule has 0 unspecified atom stereocenters. The molecule has 0 spiro atoms. The molecule has 0 fully saturated rings. The fourth-order valence-electron chi connectivity index (χ4n) is 0.494. The predicted molar refractivity (Wildman–Crippen MR) is 44.0 cm³/mol. The van der Waals surface area contributed by atoms with Gasteiger partial charge in [0.25, 0.3) is 0 Å². The number of sulfone groups is 1. The van der Waals surface area contributed by atoms with Crippen molar-refractivity contribution in [2.75, 3.05) is 17.8 Å². The van der Waals surface area contributed by atoms with Crippen LogP contribution in [0.15, 0.2) is 0 Å². The van der Waals surface area contributed by atoms with Crippen LogP contribution in [-0.2, 0) is 18.9 Å². The minimum atomic E-state index is -3.54. The summed E-state index contributed by atoms with van der Waals surface area (Å²) in [6, 6.07) is 0. The second kappa shape index (κ2) is 3.73. The van der Waals surface area contributed by atoms with Crippen molar-refractivity contribution in [2.45, 2.75) is 6.42 Å². The van der Waals surface area contributed by atoms with E-state index in [-0.39, 0.29) is 17.9 Å². The maximum Gasteiger partial charge on any atom is 0.232 e. The summed E-state index contributed by atoms with van der Waals surface area (Å²) in [7, 11) is -1.77. The highest BCUT2D eigenvalue weighted by Crippen LogP contribution is 2.00. The van der Waals surface area contributed by atoms with E-state index in [2.05, 4.69) is 0 Å². The summed E-state index contributed by atoms with van der Waals surface area (Å²) in [4.78, 5) is 0. The fraction of sp³-hybridized carbons (Fsp3) is 1.00. The number of rotatable bonds is 4. The van der Waals surface area contributed by atoms with Crippen LogP contribution in [0.4, 0.5) is 0 Å². The van der Waals surface area contributed by atoms with Gasteiger partial charge in [-0.2, -0.15) is 0 Å². The Kier molecular flexibility index (Phi) is 3.79. The summed E-state index contributed by atoms with van der Waals surface area (Å²) in [6.45, 7) is 0. The highest BCUT2D eigenvalue weighted by molar-refractivity contribution is 8.13. The normalized spacial score (nSPS) is 13.3. The molecule has 0 amide bonds. The van der Waals surface area contributed by atoms with Crippen molar-refractivity contribution in [2.24, 2.45) is 0 Å². The zero-order chi connectivity index (χ0) is 9.12. The lowest BCUT2D eigenvalue weighted by Crippen LogP contribution is -2.07. The molecule has 0 bridgehead atoms. The lowest BCUT2D eigenvalue weighted by atomic mass is 10.6. The average molecular weight is 221 g/mol. The molecule has 0 N–H and O–H groups in total. The van der Waals surface area contributed by atoms with Crippen molar-refractivity contribution in [3.8, 4) is 0 Å². The Morgan fingerprint density at radius 3 is 1.82 bits per heavy atom. The van der Waals surface area contributed by atoms with Gasteiger partial charge < -0.3 is 0 Å². The van der Waals surface area contributed by atoms with Crippen LogP contribution in [-0.4, -0.2) is 34.6 Å². The molecule has 0 rings (SSSR count). The Morgan fingerprint density at radius 1 is 1.09 bits per heavy atom. The largest absolute Gasteiger partial charge is 0.232 e. The topological polar surface area (TPSA) is 68.3 Å². The molecule has 4 nitrogen and oxygen atoms in total. The summed E-state index contributed by atoms with van der Waals surface area (Å²) in [5.41, 5.74) is 0. The molecule has 0 aromatic heterocycles. The second-order valence-electron chi connectivity index (χ2n) is 2.23. The Hall–Kier alpha value is 0.190. The van der Waals surface area contributed by atoms with E-state index in [4.69, 9.17) is 10.7 Å². The molecule has 0 radical (unpaired) electrons. The summed E-state index contributed by atoms with van der Waals surface area (Å²) in [5.74, 6) is -0.430.